The van der Waals surface area contributed by atoms with Crippen molar-refractivity contribution in [1.82, 2.24) is 9.80 Å². The fraction of sp³-hybridized carbons (Fsp3) is 0.760. The Bertz CT molecular complexity index is 1850. The van der Waals surface area contributed by atoms with Crippen LogP contribution in [0.4, 0.5) is 0 Å². The lowest BCUT2D eigenvalue weighted by molar-refractivity contribution is -0.235. The summed E-state index contributed by atoms with van der Waals surface area (Å²) in [6.07, 6.45) is 7.11. The highest BCUT2D eigenvalue weighted by Crippen LogP contribution is 2.77. The van der Waals surface area contributed by atoms with E-state index < -0.39 is 28.9 Å². The molecule has 9 nitrogen and oxygen atoms in total. The Labute approximate surface area is 365 Å². The topological polar surface area (TPSA) is 113 Å². The van der Waals surface area contributed by atoms with E-state index in [2.05, 4.69) is 84.5 Å². The van der Waals surface area contributed by atoms with Gasteiger partial charge >= 0.3 is 17.9 Å². The van der Waals surface area contributed by atoms with E-state index in [-0.39, 0.29) is 57.8 Å². The molecule has 0 radical (unpaired) electrons. The highest BCUT2D eigenvalue weighted by Gasteiger charge is 2.71. The lowest BCUT2D eigenvalue weighted by atomic mass is 9.33. The van der Waals surface area contributed by atoms with E-state index in [0.717, 1.165) is 75.6 Å². The van der Waals surface area contributed by atoms with Crippen LogP contribution in [0.3, 0.4) is 0 Å². The first-order chi connectivity index (χ1) is 27.8. The third-order valence-corrected chi connectivity index (χ3v) is 17.6. The summed E-state index contributed by atoms with van der Waals surface area (Å²) in [7, 11) is 4.15. The summed E-state index contributed by atoms with van der Waals surface area (Å²) < 4.78 is 12.7. The number of fused-ring (bicyclic) bond motifs is 7. The van der Waals surface area contributed by atoms with Crippen molar-refractivity contribution in [2.75, 3.05) is 33.7 Å². The number of carboxylic acids is 1. The summed E-state index contributed by atoms with van der Waals surface area (Å²) in [6, 6.07) is 7.98. The molecule has 9 unspecified atom stereocenters. The largest absolute Gasteiger partial charge is 0.481 e. The van der Waals surface area contributed by atoms with Crippen LogP contribution in [-0.2, 0) is 35.2 Å². The quantitative estimate of drug-likeness (QED) is 0.183. The number of ether oxygens (including phenoxy) is 2. The molecule has 0 spiro atoms. The van der Waals surface area contributed by atoms with Gasteiger partial charge in [-0.05, 0) is 148 Å². The predicted molar refractivity (Wildman–Crippen MR) is 236 cm³/mol. The Morgan fingerprint density at radius 2 is 1.57 bits per heavy atom. The van der Waals surface area contributed by atoms with Gasteiger partial charge in [-0.15, -0.1) is 0 Å². The molecule has 0 aromatic heterocycles. The van der Waals surface area contributed by atoms with E-state index in [0.29, 0.717) is 36.4 Å². The molecule has 1 aromatic rings. The molecule has 4 saturated carbocycles. The number of Topliss-reactive ketones (excluding diaryl/α,β-unsaturated/α-hetero) is 1. The molecular formula is C50H75ClN2O7. The van der Waals surface area contributed by atoms with Gasteiger partial charge in [0.15, 0.2) is 5.78 Å². The first-order valence-electron chi connectivity index (χ1n) is 22.8. The molecule has 4 fully saturated rings. The van der Waals surface area contributed by atoms with Gasteiger partial charge < -0.3 is 19.5 Å². The van der Waals surface area contributed by atoms with Crippen LogP contribution >= 0.6 is 11.6 Å². The van der Waals surface area contributed by atoms with Crippen molar-refractivity contribution < 1.29 is 33.8 Å². The van der Waals surface area contributed by atoms with Gasteiger partial charge in [-0.1, -0.05) is 72.2 Å². The Kier molecular flexibility index (Phi) is 13.0. The Hall–Kier alpha value is -2.75. The van der Waals surface area contributed by atoms with E-state index in [4.69, 9.17) is 21.1 Å². The van der Waals surface area contributed by atoms with Gasteiger partial charge in [0.05, 0.1) is 11.8 Å². The minimum atomic E-state index is -1.18. The zero-order valence-electron chi connectivity index (χ0n) is 38.8. The van der Waals surface area contributed by atoms with E-state index in [1.54, 1.807) is 13.8 Å². The van der Waals surface area contributed by atoms with Crippen molar-refractivity contribution in [3.05, 3.63) is 46.0 Å². The first-order valence-corrected chi connectivity index (χ1v) is 23.2. The molecule has 5 aliphatic carbocycles. The van der Waals surface area contributed by atoms with Gasteiger partial charge in [-0.3, -0.25) is 24.1 Å². The van der Waals surface area contributed by atoms with E-state index in [1.165, 1.54) is 12.5 Å². The number of carbonyl (C=O) groups excluding carboxylic acids is 3. The third kappa shape index (κ3) is 8.15. The zero-order valence-corrected chi connectivity index (χ0v) is 39.6. The molecule has 0 amide bonds. The van der Waals surface area contributed by atoms with Gasteiger partial charge in [0.2, 0.25) is 0 Å². The minimum absolute atomic E-state index is 0.00240. The van der Waals surface area contributed by atoms with Crippen molar-refractivity contribution in [2.45, 2.75) is 152 Å². The van der Waals surface area contributed by atoms with Crippen LogP contribution in [0.2, 0.25) is 5.02 Å². The normalized spacial score (nSPS) is 34.2. The maximum Gasteiger partial charge on any atom is 0.309 e. The number of halogens is 1. The zero-order chi connectivity index (χ0) is 44.4. The predicted octanol–water partition coefficient (Wildman–Crippen LogP) is 10.0. The standard InChI is InChI=1S/C50H75ClN2O7/c1-31(2)42-36(55)27-50(40(59-32(3)54)30-53(26-25-52(11)12)29-33-13-15-34(51)16-14-33)24-23-48(9)35(43(42)50)17-18-38-47(8)21-20-39(60-41(56)28-45(4,5)44(57)58)46(6,7)37(47)19-22-49(38,48)10/h13-16,31,35,37-40H,17-30H2,1-12H3,(H,57,58). The van der Waals surface area contributed by atoms with Crippen LogP contribution in [0.1, 0.15) is 139 Å². The SMILES string of the molecule is CC(=O)OC(CN(CCN(C)C)Cc1ccc(Cl)cc1)C12CCC3(C)C(CCC4C5(C)CCC(OC(=O)CC(C)(C)C(=O)O)C(C)(C)C5CCC43C)C1=C(C(C)C)C(=O)C2. The minimum Gasteiger partial charge on any atom is -0.481 e. The fourth-order valence-electron chi connectivity index (χ4n) is 14.1. The average Bonchev–Trinajstić information content (AvgIpc) is 3.45. The molecule has 10 heteroatoms. The molecule has 0 bridgehead atoms. The number of carbonyl (C=O) groups is 4. The summed E-state index contributed by atoms with van der Waals surface area (Å²) in [5, 5.41) is 10.4. The van der Waals surface area contributed by atoms with Gasteiger partial charge in [-0.2, -0.15) is 0 Å². The smallest absolute Gasteiger partial charge is 0.309 e. The summed E-state index contributed by atoms with van der Waals surface area (Å²) in [5.41, 5.74) is 1.36. The second-order valence-electron chi connectivity index (χ2n) is 22.3. The molecule has 0 saturated heterocycles. The monoisotopic (exact) mass is 851 g/mol. The number of esters is 2. The number of benzene rings is 1. The van der Waals surface area contributed by atoms with Gasteiger partial charge in [0, 0.05) is 55.4 Å². The fourth-order valence-corrected chi connectivity index (χ4v) is 14.2. The summed E-state index contributed by atoms with van der Waals surface area (Å²) in [6.45, 7) is 24.0. The third-order valence-electron chi connectivity index (χ3n) is 17.4. The van der Waals surface area contributed by atoms with Gasteiger partial charge in [0.25, 0.3) is 0 Å². The number of hydrogen-bond acceptors (Lipinski definition) is 8. The number of likely N-dealkylation sites (N-methyl/N-ethyl adjacent to an activating group) is 1. The molecule has 0 aliphatic heterocycles. The highest BCUT2D eigenvalue weighted by atomic mass is 35.5. The molecule has 334 valence electrons. The maximum absolute atomic E-state index is 14.6. The van der Waals surface area contributed by atoms with Crippen LogP contribution in [0.25, 0.3) is 0 Å². The molecule has 1 aromatic carbocycles. The Morgan fingerprint density at radius 3 is 2.17 bits per heavy atom. The van der Waals surface area contributed by atoms with Gasteiger partial charge in [0.1, 0.15) is 12.2 Å². The van der Waals surface area contributed by atoms with Crippen molar-refractivity contribution >= 4 is 35.3 Å². The summed E-state index contributed by atoms with van der Waals surface area (Å²) in [5.74, 6) is -0.457. The van der Waals surface area contributed by atoms with Crippen molar-refractivity contribution in [1.29, 1.82) is 0 Å². The van der Waals surface area contributed by atoms with Crippen molar-refractivity contribution in [2.24, 2.45) is 56.2 Å². The van der Waals surface area contributed by atoms with Crippen LogP contribution in [0.5, 0.6) is 0 Å². The number of nitrogens with zero attached hydrogens (tertiary/aromatic N) is 2. The Balaban J connectivity index is 1.33. The number of hydrogen-bond donors (Lipinski definition) is 1. The van der Waals surface area contributed by atoms with Crippen LogP contribution in [0, 0.1) is 56.2 Å². The molecular weight excluding hydrogens is 776 g/mol. The van der Waals surface area contributed by atoms with Crippen LogP contribution in [0.15, 0.2) is 35.4 Å². The first kappa shape index (κ1) is 46.7. The molecule has 6 rings (SSSR count). The van der Waals surface area contributed by atoms with Crippen LogP contribution < -0.4 is 0 Å². The summed E-state index contributed by atoms with van der Waals surface area (Å²) in [4.78, 5) is 57.4. The average molecular weight is 852 g/mol. The molecule has 60 heavy (non-hydrogen) atoms. The number of ketones is 1. The molecule has 9 atom stereocenters. The van der Waals surface area contributed by atoms with Gasteiger partial charge in [-0.25, -0.2) is 0 Å². The molecule has 0 heterocycles. The number of aliphatic carboxylic acids is 1. The molecule has 5 aliphatic rings. The number of allylic oxidation sites excluding steroid dienone is 1. The molecule has 1 N–H and O–H groups in total. The van der Waals surface area contributed by atoms with E-state index in [1.807, 2.05) is 12.1 Å². The highest BCUT2D eigenvalue weighted by molar-refractivity contribution is 6.30. The van der Waals surface area contributed by atoms with Crippen LogP contribution in [-0.4, -0.2) is 84.5 Å². The van der Waals surface area contributed by atoms with Crippen molar-refractivity contribution in [3.8, 4) is 0 Å². The van der Waals surface area contributed by atoms with E-state index >= 15 is 0 Å². The lowest BCUT2D eigenvalue weighted by Crippen LogP contribution is -2.66. The summed E-state index contributed by atoms with van der Waals surface area (Å²) >= 11 is 6.28. The number of rotatable bonds is 14. The Morgan fingerprint density at radius 1 is 0.900 bits per heavy atom. The maximum atomic E-state index is 14.6. The second kappa shape index (κ2) is 16.7. The van der Waals surface area contributed by atoms with Crippen molar-refractivity contribution in [3.63, 3.8) is 0 Å². The second-order valence-corrected chi connectivity index (χ2v) is 22.8. The van der Waals surface area contributed by atoms with E-state index in [9.17, 15) is 24.3 Å². The number of carboxylic acid groups (broad SMARTS) is 1. The lowest BCUT2D eigenvalue weighted by Gasteiger charge is -2.72.